The highest BCUT2D eigenvalue weighted by molar-refractivity contribution is 6.33. The summed E-state index contributed by atoms with van der Waals surface area (Å²) in [7, 11) is 1.48. The van der Waals surface area contributed by atoms with Crippen molar-refractivity contribution < 1.29 is 19.1 Å². The Morgan fingerprint density at radius 2 is 2.00 bits per heavy atom. The number of halogens is 1. The summed E-state index contributed by atoms with van der Waals surface area (Å²) in [5.41, 5.74) is 6.49. The predicted molar refractivity (Wildman–Crippen MR) is 110 cm³/mol. The number of piperidine rings is 1. The van der Waals surface area contributed by atoms with Gasteiger partial charge in [0.15, 0.2) is 0 Å². The van der Waals surface area contributed by atoms with E-state index < -0.39 is 0 Å². The molecule has 1 aromatic rings. The molecule has 1 aliphatic rings. The van der Waals surface area contributed by atoms with Gasteiger partial charge in [-0.1, -0.05) is 25.4 Å². The van der Waals surface area contributed by atoms with Gasteiger partial charge in [-0.3, -0.25) is 14.5 Å². The van der Waals surface area contributed by atoms with Crippen LogP contribution >= 0.6 is 11.6 Å². The van der Waals surface area contributed by atoms with Crippen molar-refractivity contribution in [2.45, 2.75) is 39.2 Å². The van der Waals surface area contributed by atoms with E-state index in [9.17, 15) is 9.59 Å². The highest BCUT2D eigenvalue weighted by atomic mass is 35.5. The number of benzene rings is 1. The quantitative estimate of drug-likeness (QED) is 0.504. The highest BCUT2D eigenvalue weighted by Gasteiger charge is 2.24. The van der Waals surface area contributed by atoms with E-state index in [0.717, 1.165) is 32.4 Å². The smallest absolute Gasteiger partial charge is 0.320 e. The number of carbonyl (C=O) groups is 2. The van der Waals surface area contributed by atoms with Gasteiger partial charge in [-0.25, -0.2) is 0 Å². The monoisotopic (exact) mass is 411 g/mol. The van der Waals surface area contributed by atoms with E-state index in [1.54, 1.807) is 6.07 Å². The van der Waals surface area contributed by atoms with Crippen molar-refractivity contribution in [2.24, 2.45) is 5.92 Å². The number of amides is 1. The number of methoxy groups -OCH3 is 1. The third kappa shape index (κ3) is 6.56. The van der Waals surface area contributed by atoms with Crippen LogP contribution in [0.1, 0.15) is 43.5 Å². The molecule has 1 amide bonds. The van der Waals surface area contributed by atoms with Crippen LogP contribution in [-0.2, 0) is 9.53 Å². The van der Waals surface area contributed by atoms with Gasteiger partial charge in [0.1, 0.15) is 5.75 Å². The van der Waals surface area contributed by atoms with Gasteiger partial charge in [-0.15, -0.1) is 0 Å². The standard InChI is InChI=1S/C20H30ClN3O4/c1-13(2)6-9-28-19(25)12-24-7-4-14(5-8-24)23-20(26)15-10-16(21)17(22)11-18(15)27-3/h10-11,13-14H,4-9,12,22H2,1-3H3,(H,23,26). The lowest BCUT2D eigenvalue weighted by atomic mass is 10.0. The van der Waals surface area contributed by atoms with Crippen molar-refractivity contribution in [1.82, 2.24) is 10.2 Å². The fourth-order valence-corrected chi connectivity index (χ4v) is 3.21. The summed E-state index contributed by atoms with van der Waals surface area (Å²) in [5, 5.41) is 3.33. The summed E-state index contributed by atoms with van der Waals surface area (Å²) in [6.07, 6.45) is 2.39. The van der Waals surface area contributed by atoms with Gasteiger partial charge in [0.2, 0.25) is 0 Å². The van der Waals surface area contributed by atoms with Crippen molar-refractivity contribution in [2.75, 3.05) is 39.1 Å². The predicted octanol–water partition coefficient (Wildman–Crippen LogP) is 2.71. The molecule has 1 aliphatic heterocycles. The first-order valence-electron chi connectivity index (χ1n) is 9.62. The molecule has 3 N–H and O–H groups in total. The van der Waals surface area contributed by atoms with Gasteiger partial charge in [0, 0.05) is 25.2 Å². The number of anilines is 1. The SMILES string of the molecule is COc1cc(N)c(Cl)cc1C(=O)NC1CCN(CC(=O)OCCC(C)C)CC1. The molecular formula is C20H30ClN3O4. The minimum atomic E-state index is -0.245. The molecule has 0 spiro atoms. The fraction of sp³-hybridized carbons (Fsp3) is 0.600. The Morgan fingerprint density at radius 1 is 1.32 bits per heavy atom. The number of likely N-dealkylation sites (tertiary alicyclic amines) is 1. The van der Waals surface area contributed by atoms with Crippen LogP contribution in [0.25, 0.3) is 0 Å². The number of nitrogen functional groups attached to an aromatic ring is 1. The Morgan fingerprint density at radius 3 is 2.61 bits per heavy atom. The molecule has 1 heterocycles. The van der Waals surface area contributed by atoms with Crippen molar-refractivity contribution in [3.05, 3.63) is 22.7 Å². The van der Waals surface area contributed by atoms with Crippen LogP contribution in [0.15, 0.2) is 12.1 Å². The van der Waals surface area contributed by atoms with Crippen LogP contribution < -0.4 is 15.8 Å². The van der Waals surface area contributed by atoms with Crippen LogP contribution in [0.5, 0.6) is 5.75 Å². The molecule has 0 atom stereocenters. The number of nitrogens with one attached hydrogen (secondary N) is 1. The number of nitrogens with two attached hydrogens (primary N) is 1. The van der Waals surface area contributed by atoms with Crippen LogP contribution in [0.2, 0.25) is 5.02 Å². The molecule has 0 aliphatic carbocycles. The van der Waals surface area contributed by atoms with E-state index in [0.29, 0.717) is 41.1 Å². The molecule has 0 unspecified atom stereocenters. The van der Waals surface area contributed by atoms with E-state index in [-0.39, 0.29) is 17.9 Å². The summed E-state index contributed by atoms with van der Waals surface area (Å²) in [6, 6.07) is 3.10. The highest BCUT2D eigenvalue weighted by Crippen LogP contribution is 2.29. The van der Waals surface area contributed by atoms with Crippen molar-refractivity contribution in [3.8, 4) is 5.75 Å². The van der Waals surface area contributed by atoms with Gasteiger partial charge in [-0.2, -0.15) is 0 Å². The maximum Gasteiger partial charge on any atom is 0.320 e. The van der Waals surface area contributed by atoms with Crippen molar-refractivity contribution in [3.63, 3.8) is 0 Å². The summed E-state index contributed by atoms with van der Waals surface area (Å²) in [6.45, 7) is 6.41. The zero-order valence-electron chi connectivity index (χ0n) is 16.8. The van der Waals surface area contributed by atoms with Crippen LogP contribution in [-0.4, -0.2) is 56.2 Å². The third-order valence-electron chi connectivity index (χ3n) is 4.80. The van der Waals surface area contributed by atoms with E-state index in [2.05, 4.69) is 24.1 Å². The number of rotatable bonds is 8. The lowest BCUT2D eigenvalue weighted by Gasteiger charge is -2.31. The zero-order valence-corrected chi connectivity index (χ0v) is 17.6. The molecule has 0 radical (unpaired) electrons. The Balaban J connectivity index is 1.80. The van der Waals surface area contributed by atoms with E-state index in [1.807, 2.05) is 0 Å². The molecule has 0 bridgehead atoms. The van der Waals surface area contributed by atoms with Gasteiger partial charge in [0.25, 0.3) is 5.91 Å². The molecule has 0 saturated carbocycles. The molecule has 2 rings (SSSR count). The molecule has 156 valence electrons. The summed E-state index contributed by atoms with van der Waals surface area (Å²) < 4.78 is 10.5. The lowest BCUT2D eigenvalue weighted by Crippen LogP contribution is -2.46. The third-order valence-corrected chi connectivity index (χ3v) is 5.12. The minimum Gasteiger partial charge on any atom is -0.496 e. The van der Waals surface area contributed by atoms with E-state index in [4.69, 9.17) is 26.8 Å². The summed E-state index contributed by atoms with van der Waals surface area (Å²) in [5.74, 6) is 0.470. The number of hydrogen-bond donors (Lipinski definition) is 2. The zero-order chi connectivity index (χ0) is 20.7. The number of hydrogen-bond acceptors (Lipinski definition) is 6. The Kier molecular flexibility index (Phi) is 8.38. The second-order valence-electron chi connectivity index (χ2n) is 7.50. The second kappa shape index (κ2) is 10.5. The largest absolute Gasteiger partial charge is 0.496 e. The summed E-state index contributed by atoms with van der Waals surface area (Å²) in [4.78, 5) is 26.6. The fourth-order valence-electron chi connectivity index (χ4n) is 3.05. The second-order valence-corrected chi connectivity index (χ2v) is 7.91. The first-order chi connectivity index (χ1) is 13.3. The molecule has 0 aromatic heterocycles. The number of esters is 1. The molecule has 1 aromatic carbocycles. The van der Waals surface area contributed by atoms with Crippen LogP contribution in [0, 0.1) is 5.92 Å². The van der Waals surface area contributed by atoms with E-state index in [1.165, 1.54) is 13.2 Å². The Labute approximate surface area is 171 Å². The van der Waals surface area contributed by atoms with Crippen molar-refractivity contribution >= 4 is 29.2 Å². The first-order valence-corrected chi connectivity index (χ1v) is 9.99. The molecule has 1 fully saturated rings. The molecule has 7 nitrogen and oxygen atoms in total. The van der Waals surface area contributed by atoms with Gasteiger partial charge >= 0.3 is 5.97 Å². The number of carbonyl (C=O) groups excluding carboxylic acids is 2. The number of nitrogens with zero attached hydrogens (tertiary/aromatic N) is 1. The molecular weight excluding hydrogens is 382 g/mol. The average molecular weight is 412 g/mol. The van der Waals surface area contributed by atoms with Gasteiger partial charge in [0.05, 0.1) is 36.5 Å². The van der Waals surface area contributed by atoms with Gasteiger partial charge < -0.3 is 20.5 Å². The molecule has 1 saturated heterocycles. The molecule has 8 heteroatoms. The topological polar surface area (TPSA) is 93.9 Å². The van der Waals surface area contributed by atoms with E-state index >= 15 is 0 Å². The minimum absolute atomic E-state index is 0.0294. The molecule has 28 heavy (non-hydrogen) atoms. The first kappa shape index (κ1) is 22.3. The average Bonchev–Trinajstić information content (AvgIpc) is 2.64. The number of ether oxygens (including phenoxy) is 2. The summed E-state index contributed by atoms with van der Waals surface area (Å²) >= 11 is 6.04. The van der Waals surface area contributed by atoms with Gasteiger partial charge in [-0.05, 0) is 31.2 Å². The normalized spacial score (nSPS) is 15.5. The van der Waals surface area contributed by atoms with Crippen LogP contribution in [0.4, 0.5) is 5.69 Å². The Hall–Kier alpha value is -1.99. The van der Waals surface area contributed by atoms with Crippen LogP contribution in [0.3, 0.4) is 0 Å². The maximum absolute atomic E-state index is 12.6. The van der Waals surface area contributed by atoms with Crippen molar-refractivity contribution in [1.29, 1.82) is 0 Å². The lowest BCUT2D eigenvalue weighted by molar-refractivity contribution is -0.145. The maximum atomic E-state index is 12.6. The Bertz CT molecular complexity index is 688.